The lowest BCUT2D eigenvalue weighted by molar-refractivity contribution is -0.0494. The highest BCUT2D eigenvalue weighted by Gasteiger charge is 2.42. The maximum Gasteiger partial charge on any atom is 0.387 e. The first-order valence-electron chi connectivity index (χ1n) is 12.5. The molecule has 2 aliphatic heterocycles. The first-order chi connectivity index (χ1) is 18.0. The fourth-order valence-electron chi connectivity index (χ4n) is 5.60. The Morgan fingerprint density at radius 3 is 2.51 bits per heavy atom. The van der Waals surface area contributed by atoms with E-state index >= 15 is 0 Å². The lowest BCUT2D eigenvalue weighted by atomic mass is 9.99. The standard InChI is InChI=1S/C26H26F2N4O5/c27-26(28)36-21-4-2-1-3-18(21)23-19(24(37-31-23)14-5-6-14)13-35-17-9-15-7-8-16(10-17)32(15)22-12-29-20(11-30-22)25(33)34/h1-4,11-12,14-17,26H,5-10,13H2,(H,33,34)/t15-,16?,17?/m0/s1. The number of hydrogen-bond acceptors (Lipinski definition) is 8. The second-order valence-corrected chi connectivity index (χ2v) is 9.78. The molecule has 0 amide bonds. The van der Waals surface area contributed by atoms with Gasteiger partial charge in [0.1, 0.15) is 23.0 Å². The summed E-state index contributed by atoms with van der Waals surface area (Å²) in [6, 6.07) is 7.03. The minimum absolute atomic E-state index is 0.00219. The second-order valence-electron chi connectivity index (χ2n) is 9.78. The molecule has 1 saturated carbocycles. The molecule has 0 spiro atoms. The van der Waals surface area contributed by atoms with E-state index in [0.717, 1.165) is 49.8 Å². The van der Waals surface area contributed by atoms with Crippen molar-refractivity contribution in [3.05, 3.63) is 53.7 Å². The lowest BCUT2D eigenvalue weighted by Crippen LogP contribution is -2.46. The Hall–Kier alpha value is -3.60. The maximum absolute atomic E-state index is 13.0. The van der Waals surface area contributed by atoms with E-state index in [1.165, 1.54) is 18.5 Å². The van der Waals surface area contributed by atoms with Gasteiger partial charge in [-0.3, -0.25) is 0 Å². The van der Waals surface area contributed by atoms with Crippen LogP contribution < -0.4 is 9.64 Å². The third kappa shape index (κ3) is 4.75. The van der Waals surface area contributed by atoms with Crippen LogP contribution in [0.1, 0.15) is 66.3 Å². The number of aromatic carboxylic acids is 1. The number of piperidine rings is 1. The Morgan fingerprint density at radius 2 is 1.86 bits per heavy atom. The van der Waals surface area contributed by atoms with Crippen molar-refractivity contribution in [2.45, 2.75) is 75.8 Å². The van der Waals surface area contributed by atoms with E-state index in [4.69, 9.17) is 19.1 Å². The number of hydrogen-bond donors (Lipinski definition) is 1. The third-order valence-electron chi connectivity index (χ3n) is 7.40. The molecule has 3 fully saturated rings. The minimum Gasteiger partial charge on any atom is -0.476 e. The van der Waals surface area contributed by atoms with Crippen LogP contribution in [0, 0.1) is 0 Å². The van der Waals surface area contributed by atoms with Crippen LogP contribution in [-0.4, -0.2) is 51.0 Å². The summed E-state index contributed by atoms with van der Waals surface area (Å²) in [5.41, 5.74) is 1.64. The van der Waals surface area contributed by atoms with E-state index in [2.05, 4.69) is 20.0 Å². The molecule has 3 atom stereocenters. The third-order valence-corrected chi connectivity index (χ3v) is 7.40. The Bertz CT molecular complexity index is 1270. The van der Waals surface area contributed by atoms with Crippen molar-refractivity contribution in [2.24, 2.45) is 0 Å². The molecular formula is C26H26F2N4O5. The normalized spacial score (nSPS) is 23.0. The number of fused-ring (bicyclic) bond motifs is 2. The van der Waals surface area contributed by atoms with E-state index in [0.29, 0.717) is 17.1 Å². The zero-order valence-corrected chi connectivity index (χ0v) is 19.9. The Kier molecular flexibility index (Phi) is 6.23. The molecule has 11 heteroatoms. The number of aromatic nitrogens is 3. The summed E-state index contributed by atoms with van der Waals surface area (Å²) in [6.45, 7) is -2.67. The number of carbonyl (C=O) groups is 1. The number of rotatable bonds is 9. The molecule has 6 rings (SSSR count). The summed E-state index contributed by atoms with van der Waals surface area (Å²) >= 11 is 0. The molecule has 37 heavy (non-hydrogen) atoms. The molecule has 1 N–H and O–H groups in total. The van der Waals surface area contributed by atoms with Gasteiger partial charge in [-0.05, 0) is 50.7 Å². The van der Waals surface area contributed by atoms with Gasteiger partial charge in [0, 0.05) is 29.1 Å². The molecule has 1 aliphatic carbocycles. The van der Waals surface area contributed by atoms with E-state index in [1.54, 1.807) is 18.2 Å². The van der Waals surface area contributed by atoms with Crippen molar-refractivity contribution < 1.29 is 32.7 Å². The fourth-order valence-corrected chi connectivity index (χ4v) is 5.60. The molecule has 4 heterocycles. The van der Waals surface area contributed by atoms with Crippen LogP contribution >= 0.6 is 0 Å². The average molecular weight is 513 g/mol. The van der Waals surface area contributed by atoms with Crippen LogP contribution in [-0.2, 0) is 11.3 Å². The van der Waals surface area contributed by atoms with Gasteiger partial charge in [-0.15, -0.1) is 0 Å². The fraction of sp³-hybridized carbons (Fsp3) is 0.462. The van der Waals surface area contributed by atoms with Gasteiger partial charge in [0.15, 0.2) is 5.69 Å². The number of benzene rings is 1. The zero-order chi connectivity index (χ0) is 25.5. The van der Waals surface area contributed by atoms with E-state index in [9.17, 15) is 13.6 Å². The molecular weight excluding hydrogens is 486 g/mol. The number of nitrogens with zero attached hydrogens (tertiary/aromatic N) is 4. The van der Waals surface area contributed by atoms with Gasteiger partial charge in [0.2, 0.25) is 0 Å². The van der Waals surface area contributed by atoms with Gasteiger partial charge in [-0.1, -0.05) is 17.3 Å². The van der Waals surface area contributed by atoms with Gasteiger partial charge >= 0.3 is 12.6 Å². The maximum atomic E-state index is 13.0. The van der Waals surface area contributed by atoms with Crippen LogP contribution in [0.4, 0.5) is 14.6 Å². The number of alkyl halides is 2. The Balaban J connectivity index is 1.19. The number of carboxylic acid groups (broad SMARTS) is 1. The van der Waals surface area contributed by atoms with Crippen molar-refractivity contribution in [2.75, 3.05) is 4.90 Å². The van der Waals surface area contributed by atoms with Crippen molar-refractivity contribution >= 4 is 11.8 Å². The van der Waals surface area contributed by atoms with Gasteiger partial charge < -0.3 is 24.0 Å². The molecule has 0 radical (unpaired) electrons. The number of carboxylic acids is 1. The van der Waals surface area contributed by atoms with E-state index in [-0.39, 0.29) is 42.2 Å². The molecule has 3 aromatic rings. The Labute approximate surface area is 211 Å². The largest absolute Gasteiger partial charge is 0.476 e. The topological polar surface area (TPSA) is 111 Å². The molecule has 9 nitrogen and oxygen atoms in total. The summed E-state index contributed by atoms with van der Waals surface area (Å²) in [5, 5.41) is 13.3. The highest BCUT2D eigenvalue weighted by molar-refractivity contribution is 5.84. The summed E-state index contributed by atoms with van der Waals surface area (Å²) in [7, 11) is 0. The number of halogens is 2. The average Bonchev–Trinajstić information content (AvgIpc) is 3.59. The summed E-state index contributed by atoms with van der Waals surface area (Å²) in [6.07, 6.45) is 8.41. The van der Waals surface area contributed by atoms with Crippen molar-refractivity contribution in [3.63, 3.8) is 0 Å². The number of anilines is 1. The number of ether oxygens (including phenoxy) is 2. The molecule has 3 aliphatic rings. The predicted octanol–water partition coefficient (Wildman–Crippen LogP) is 5.03. The smallest absolute Gasteiger partial charge is 0.387 e. The number of para-hydroxylation sites is 1. The quantitative estimate of drug-likeness (QED) is 0.422. The molecule has 2 unspecified atom stereocenters. The minimum atomic E-state index is -2.94. The summed E-state index contributed by atoms with van der Waals surface area (Å²) in [4.78, 5) is 21.7. The van der Waals surface area contributed by atoms with Crippen molar-refractivity contribution in [1.82, 2.24) is 15.1 Å². The molecule has 194 valence electrons. The van der Waals surface area contributed by atoms with Crippen molar-refractivity contribution in [3.8, 4) is 17.0 Å². The zero-order valence-electron chi connectivity index (χ0n) is 19.9. The molecule has 1 aromatic carbocycles. The Morgan fingerprint density at radius 1 is 1.11 bits per heavy atom. The van der Waals surface area contributed by atoms with Crippen molar-refractivity contribution in [1.29, 1.82) is 0 Å². The van der Waals surface area contributed by atoms with Crippen LogP contribution in [0.3, 0.4) is 0 Å². The highest BCUT2D eigenvalue weighted by atomic mass is 19.3. The SMILES string of the molecule is O=C(O)c1cnc(N2C3CC[C@H]2CC(OCc2c(-c4ccccc4OC(F)F)noc2C2CC2)C3)cn1. The van der Waals surface area contributed by atoms with Crippen LogP contribution in [0.5, 0.6) is 5.75 Å². The van der Waals surface area contributed by atoms with E-state index < -0.39 is 12.6 Å². The van der Waals surface area contributed by atoms with Gasteiger partial charge in [-0.25, -0.2) is 14.8 Å². The first kappa shape index (κ1) is 23.8. The molecule has 2 aromatic heterocycles. The first-order valence-corrected chi connectivity index (χ1v) is 12.5. The molecule has 2 saturated heterocycles. The van der Waals surface area contributed by atoms with Gasteiger partial charge in [0.25, 0.3) is 0 Å². The summed E-state index contributed by atoms with van der Waals surface area (Å²) in [5.74, 6) is 0.667. The van der Waals surface area contributed by atoms with Gasteiger partial charge in [-0.2, -0.15) is 8.78 Å². The highest BCUT2D eigenvalue weighted by Crippen LogP contribution is 2.46. The molecule has 2 bridgehead atoms. The van der Waals surface area contributed by atoms with Crippen LogP contribution in [0.15, 0.2) is 41.2 Å². The van der Waals surface area contributed by atoms with Gasteiger partial charge in [0.05, 0.1) is 25.1 Å². The monoisotopic (exact) mass is 512 g/mol. The second kappa shape index (κ2) is 9.70. The van der Waals surface area contributed by atoms with Crippen LogP contribution in [0.2, 0.25) is 0 Å². The summed E-state index contributed by atoms with van der Waals surface area (Å²) < 4.78 is 42.9. The predicted molar refractivity (Wildman–Crippen MR) is 127 cm³/mol. The van der Waals surface area contributed by atoms with E-state index in [1.807, 2.05) is 0 Å². The van der Waals surface area contributed by atoms with Crippen LogP contribution in [0.25, 0.3) is 11.3 Å². The lowest BCUT2D eigenvalue weighted by Gasteiger charge is -2.39.